The molecule has 0 N–H and O–H groups in total. The number of benzene rings is 2. The molecule has 7 heteroatoms. The quantitative estimate of drug-likeness (QED) is 0.684. The number of hydrogen-bond acceptors (Lipinski definition) is 4. The Morgan fingerprint density at radius 1 is 1.14 bits per heavy atom. The van der Waals surface area contributed by atoms with E-state index in [1.807, 2.05) is 0 Å². The number of halogens is 2. The van der Waals surface area contributed by atoms with Crippen LogP contribution in [0.5, 0.6) is 0 Å². The van der Waals surface area contributed by atoms with Crippen LogP contribution in [0.4, 0.5) is 8.78 Å². The number of piperidine rings is 1. The molecule has 0 radical (unpaired) electrons. The minimum atomic E-state index is -0.370. The molecular weight excluding hydrogens is 364 g/mol. The molecule has 0 aliphatic carbocycles. The highest BCUT2D eigenvalue weighted by Crippen LogP contribution is 2.28. The summed E-state index contributed by atoms with van der Waals surface area (Å²) >= 11 is 0. The second-order valence-corrected chi connectivity index (χ2v) is 6.91. The van der Waals surface area contributed by atoms with Crippen molar-refractivity contribution in [3.63, 3.8) is 0 Å². The second kappa shape index (κ2) is 7.88. The number of likely N-dealkylation sites (tertiary alicyclic amines) is 1. The Morgan fingerprint density at radius 3 is 2.71 bits per heavy atom. The molecule has 1 saturated heterocycles. The zero-order valence-electron chi connectivity index (χ0n) is 15.1. The van der Waals surface area contributed by atoms with Crippen LogP contribution in [-0.2, 0) is 11.2 Å². The number of aromatic nitrogens is 2. The minimum absolute atomic E-state index is 0.0318. The first-order valence-corrected chi connectivity index (χ1v) is 9.21. The molecule has 1 atom stereocenters. The molecule has 0 saturated carbocycles. The van der Waals surface area contributed by atoms with Crippen molar-refractivity contribution in [2.75, 3.05) is 13.1 Å². The van der Waals surface area contributed by atoms with Crippen molar-refractivity contribution in [2.45, 2.75) is 25.2 Å². The van der Waals surface area contributed by atoms with Crippen molar-refractivity contribution in [3.8, 4) is 11.4 Å². The molecule has 2 aromatic carbocycles. The highest BCUT2D eigenvalue weighted by molar-refractivity contribution is 5.79. The molecule has 28 heavy (non-hydrogen) atoms. The average Bonchev–Trinajstić information content (AvgIpc) is 3.21. The van der Waals surface area contributed by atoms with Gasteiger partial charge >= 0.3 is 0 Å². The number of hydrogen-bond donors (Lipinski definition) is 0. The van der Waals surface area contributed by atoms with Gasteiger partial charge in [-0.3, -0.25) is 4.79 Å². The Balaban J connectivity index is 1.44. The lowest BCUT2D eigenvalue weighted by Gasteiger charge is -2.31. The van der Waals surface area contributed by atoms with E-state index in [1.54, 1.807) is 35.2 Å². The number of carbonyl (C=O) groups is 1. The molecule has 1 aromatic heterocycles. The number of amides is 1. The molecule has 3 aromatic rings. The van der Waals surface area contributed by atoms with E-state index in [-0.39, 0.29) is 29.9 Å². The predicted octanol–water partition coefficient (Wildman–Crippen LogP) is 3.96. The van der Waals surface area contributed by atoms with E-state index in [9.17, 15) is 13.6 Å². The van der Waals surface area contributed by atoms with Crippen LogP contribution in [-0.4, -0.2) is 34.0 Å². The van der Waals surface area contributed by atoms with E-state index < -0.39 is 0 Å². The van der Waals surface area contributed by atoms with Gasteiger partial charge in [-0.1, -0.05) is 23.4 Å². The first kappa shape index (κ1) is 18.3. The van der Waals surface area contributed by atoms with Gasteiger partial charge in [-0.25, -0.2) is 8.78 Å². The summed E-state index contributed by atoms with van der Waals surface area (Å²) in [5, 5.41) is 3.98. The van der Waals surface area contributed by atoms with Gasteiger partial charge < -0.3 is 9.42 Å². The summed E-state index contributed by atoms with van der Waals surface area (Å²) in [7, 11) is 0. The summed E-state index contributed by atoms with van der Waals surface area (Å²) in [5.41, 5.74) is 1.06. The molecule has 1 unspecified atom stereocenters. The van der Waals surface area contributed by atoms with Crippen LogP contribution in [0, 0.1) is 11.6 Å². The normalized spacial score (nSPS) is 16.9. The van der Waals surface area contributed by atoms with E-state index >= 15 is 0 Å². The van der Waals surface area contributed by atoms with Gasteiger partial charge in [0.05, 0.1) is 12.3 Å². The summed E-state index contributed by atoms with van der Waals surface area (Å²) in [4.78, 5) is 18.8. The van der Waals surface area contributed by atoms with Crippen LogP contribution in [0.15, 0.2) is 53.1 Å². The van der Waals surface area contributed by atoms with Gasteiger partial charge in [-0.2, -0.15) is 4.98 Å². The largest absolute Gasteiger partial charge is 0.342 e. The third-order valence-corrected chi connectivity index (χ3v) is 4.97. The van der Waals surface area contributed by atoms with E-state index in [0.29, 0.717) is 35.9 Å². The van der Waals surface area contributed by atoms with Gasteiger partial charge in [0.1, 0.15) is 11.6 Å². The van der Waals surface area contributed by atoms with Crippen LogP contribution in [0.1, 0.15) is 30.2 Å². The van der Waals surface area contributed by atoms with Crippen LogP contribution in [0.3, 0.4) is 0 Å². The smallest absolute Gasteiger partial charge is 0.231 e. The molecule has 1 amide bonds. The fraction of sp³-hybridized carbons (Fsp3) is 0.286. The number of rotatable bonds is 4. The highest BCUT2D eigenvalue weighted by Gasteiger charge is 2.29. The van der Waals surface area contributed by atoms with Crippen molar-refractivity contribution in [2.24, 2.45) is 0 Å². The van der Waals surface area contributed by atoms with Crippen molar-refractivity contribution < 1.29 is 18.1 Å². The molecular formula is C21H19F2N3O2. The third kappa shape index (κ3) is 3.93. The Hall–Kier alpha value is -3.09. The van der Waals surface area contributed by atoms with Gasteiger partial charge in [-0.05, 0) is 48.7 Å². The van der Waals surface area contributed by atoms with Crippen LogP contribution >= 0.6 is 0 Å². The molecule has 0 spiro atoms. The summed E-state index contributed by atoms with van der Waals surface area (Å²) in [5.74, 6) is -0.0328. The monoisotopic (exact) mass is 383 g/mol. The summed E-state index contributed by atoms with van der Waals surface area (Å²) < 4.78 is 32.3. The van der Waals surface area contributed by atoms with Gasteiger partial charge in [0, 0.05) is 18.7 Å². The molecule has 0 bridgehead atoms. The lowest BCUT2D eigenvalue weighted by molar-refractivity contribution is -0.131. The van der Waals surface area contributed by atoms with Crippen molar-refractivity contribution in [3.05, 3.63) is 71.6 Å². The predicted molar refractivity (Wildman–Crippen MR) is 98.4 cm³/mol. The van der Waals surface area contributed by atoms with Gasteiger partial charge in [0.2, 0.25) is 17.6 Å². The molecule has 2 heterocycles. The summed E-state index contributed by atoms with van der Waals surface area (Å²) in [6, 6.07) is 12.2. The van der Waals surface area contributed by atoms with Gasteiger partial charge in [0.25, 0.3) is 0 Å². The Kier molecular flexibility index (Phi) is 5.14. The Bertz CT molecular complexity index is 972. The zero-order chi connectivity index (χ0) is 19.5. The lowest BCUT2D eigenvalue weighted by atomic mass is 9.97. The fourth-order valence-electron chi connectivity index (χ4n) is 3.44. The summed E-state index contributed by atoms with van der Waals surface area (Å²) in [6.07, 6.45) is 1.67. The molecule has 1 aliphatic heterocycles. The molecule has 144 valence electrons. The topological polar surface area (TPSA) is 59.2 Å². The second-order valence-electron chi connectivity index (χ2n) is 6.91. The number of nitrogens with zero attached hydrogens (tertiary/aromatic N) is 3. The standard InChI is InChI=1S/C21H19F2N3O2/c22-17-9-7-14(8-10-17)20-24-21(28-25-20)16-5-3-11-26(13-16)19(27)12-15-4-1-2-6-18(15)23/h1-2,4,6-10,16H,3,5,11-13H2. The van der Waals surface area contributed by atoms with Gasteiger partial charge in [-0.15, -0.1) is 0 Å². The van der Waals surface area contributed by atoms with E-state index in [0.717, 1.165) is 12.8 Å². The SMILES string of the molecule is O=C(Cc1ccccc1F)N1CCCC(c2nc(-c3ccc(F)cc3)no2)C1. The molecule has 5 nitrogen and oxygen atoms in total. The van der Waals surface area contributed by atoms with Crippen LogP contribution in [0.25, 0.3) is 11.4 Å². The van der Waals surface area contributed by atoms with E-state index in [2.05, 4.69) is 10.1 Å². The molecule has 1 fully saturated rings. The van der Waals surface area contributed by atoms with Crippen molar-refractivity contribution in [1.29, 1.82) is 0 Å². The fourth-order valence-corrected chi connectivity index (χ4v) is 3.44. The van der Waals surface area contributed by atoms with E-state index in [4.69, 9.17) is 4.52 Å². The Labute approximate surface area is 161 Å². The molecule has 1 aliphatic rings. The highest BCUT2D eigenvalue weighted by atomic mass is 19.1. The zero-order valence-corrected chi connectivity index (χ0v) is 15.1. The van der Waals surface area contributed by atoms with Crippen molar-refractivity contribution in [1.82, 2.24) is 15.0 Å². The van der Waals surface area contributed by atoms with Crippen LogP contribution in [0.2, 0.25) is 0 Å². The van der Waals surface area contributed by atoms with E-state index in [1.165, 1.54) is 18.2 Å². The first-order chi connectivity index (χ1) is 13.6. The van der Waals surface area contributed by atoms with Crippen LogP contribution < -0.4 is 0 Å². The number of carbonyl (C=O) groups excluding carboxylic acids is 1. The first-order valence-electron chi connectivity index (χ1n) is 9.21. The average molecular weight is 383 g/mol. The maximum Gasteiger partial charge on any atom is 0.231 e. The molecule has 4 rings (SSSR count). The third-order valence-electron chi connectivity index (χ3n) is 4.97. The maximum absolute atomic E-state index is 13.8. The van der Waals surface area contributed by atoms with Crippen molar-refractivity contribution >= 4 is 5.91 Å². The summed E-state index contributed by atoms with van der Waals surface area (Å²) in [6.45, 7) is 1.08. The maximum atomic E-state index is 13.8. The van der Waals surface area contributed by atoms with Gasteiger partial charge in [0.15, 0.2) is 0 Å². The Morgan fingerprint density at radius 2 is 1.93 bits per heavy atom. The lowest BCUT2D eigenvalue weighted by Crippen LogP contribution is -2.40. The minimum Gasteiger partial charge on any atom is -0.342 e.